The molecular formula is C23H18ClFN4O2. The number of pyridine rings is 3. The summed E-state index contributed by atoms with van der Waals surface area (Å²) in [7, 11) is 0. The molecule has 0 radical (unpaired) electrons. The van der Waals surface area contributed by atoms with Crippen LogP contribution in [-0.2, 0) is 13.1 Å². The summed E-state index contributed by atoms with van der Waals surface area (Å²) in [5.74, 6) is -0.885. The average Bonchev–Trinajstić information content (AvgIpc) is 2.77. The highest BCUT2D eigenvalue weighted by molar-refractivity contribution is 6.30. The molecule has 0 saturated heterocycles. The highest BCUT2D eigenvalue weighted by Gasteiger charge is 2.14. The molecule has 1 N–H and O–H groups in total. The molecule has 4 aromatic rings. The third-order valence-corrected chi connectivity index (χ3v) is 5.19. The first kappa shape index (κ1) is 20.7. The minimum Gasteiger partial charge on any atom is -0.346 e. The number of aryl methyl sites for hydroxylation is 1. The van der Waals surface area contributed by atoms with E-state index in [2.05, 4.69) is 15.3 Å². The molecule has 0 aliphatic rings. The minimum atomic E-state index is -0.544. The molecule has 4 rings (SSSR count). The van der Waals surface area contributed by atoms with Gasteiger partial charge in [-0.1, -0.05) is 23.7 Å². The van der Waals surface area contributed by atoms with Gasteiger partial charge in [-0.05, 0) is 48.9 Å². The quantitative estimate of drug-likeness (QED) is 0.515. The molecule has 1 aromatic carbocycles. The van der Waals surface area contributed by atoms with Crippen molar-refractivity contribution in [3.63, 3.8) is 0 Å². The van der Waals surface area contributed by atoms with Gasteiger partial charge >= 0.3 is 0 Å². The number of rotatable bonds is 5. The summed E-state index contributed by atoms with van der Waals surface area (Å²) in [4.78, 5) is 34.3. The molecule has 0 unspecified atom stereocenters. The summed E-state index contributed by atoms with van der Waals surface area (Å²) in [6.07, 6.45) is 3.25. The van der Waals surface area contributed by atoms with Crippen molar-refractivity contribution in [3.8, 4) is 0 Å². The molecule has 3 heterocycles. The Morgan fingerprint density at radius 1 is 1.19 bits per heavy atom. The van der Waals surface area contributed by atoms with E-state index in [-0.39, 0.29) is 29.6 Å². The molecule has 31 heavy (non-hydrogen) atoms. The molecule has 3 aromatic heterocycles. The third-order valence-electron chi connectivity index (χ3n) is 4.88. The molecule has 0 bridgehead atoms. The molecule has 1 amide bonds. The van der Waals surface area contributed by atoms with E-state index in [1.807, 2.05) is 12.1 Å². The maximum Gasteiger partial charge on any atom is 0.260 e. The van der Waals surface area contributed by atoms with Crippen LogP contribution in [0.25, 0.3) is 10.9 Å². The first-order valence-electron chi connectivity index (χ1n) is 9.55. The van der Waals surface area contributed by atoms with E-state index in [1.54, 1.807) is 43.6 Å². The zero-order valence-corrected chi connectivity index (χ0v) is 17.4. The number of amides is 1. The fraction of sp³-hybridized carbons (Fsp3) is 0.130. The number of benzene rings is 1. The van der Waals surface area contributed by atoms with Gasteiger partial charge in [-0.2, -0.15) is 0 Å². The Balaban J connectivity index is 1.64. The van der Waals surface area contributed by atoms with Gasteiger partial charge in [-0.15, -0.1) is 0 Å². The topological polar surface area (TPSA) is 76.9 Å². The van der Waals surface area contributed by atoms with Gasteiger partial charge in [-0.25, -0.2) is 4.39 Å². The fourth-order valence-electron chi connectivity index (χ4n) is 3.26. The summed E-state index contributed by atoms with van der Waals surface area (Å²) in [6.45, 7) is 2.15. The summed E-state index contributed by atoms with van der Waals surface area (Å²) >= 11 is 5.73. The van der Waals surface area contributed by atoms with Crippen molar-refractivity contribution < 1.29 is 9.18 Å². The number of nitrogens with zero attached hydrogens (tertiary/aromatic N) is 3. The average molecular weight is 437 g/mol. The van der Waals surface area contributed by atoms with Gasteiger partial charge in [0.1, 0.15) is 5.82 Å². The van der Waals surface area contributed by atoms with Crippen LogP contribution < -0.4 is 10.9 Å². The highest BCUT2D eigenvalue weighted by atomic mass is 35.5. The second-order valence-electron chi connectivity index (χ2n) is 7.06. The van der Waals surface area contributed by atoms with E-state index >= 15 is 0 Å². The van der Waals surface area contributed by atoms with Crippen molar-refractivity contribution >= 4 is 28.4 Å². The SMILES string of the molecule is Cc1nc2ccn(Cc3ccc(Cl)c(F)c3)c(=O)c2cc1C(=O)NCc1ccccn1. The number of aromatic nitrogens is 3. The van der Waals surface area contributed by atoms with Crippen LogP contribution in [0.2, 0.25) is 5.02 Å². The number of halogens is 2. The van der Waals surface area contributed by atoms with Gasteiger partial charge in [0.05, 0.1) is 46.0 Å². The maximum absolute atomic E-state index is 13.7. The van der Waals surface area contributed by atoms with Crippen LogP contribution in [0.15, 0.2) is 65.7 Å². The van der Waals surface area contributed by atoms with Crippen LogP contribution in [0.5, 0.6) is 0 Å². The summed E-state index contributed by atoms with van der Waals surface area (Å²) in [5, 5.41) is 3.14. The van der Waals surface area contributed by atoms with Crippen molar-refractivity contribution in [1.82, 2.24) is 19.9 Å². The summed E-state index contributed by atoms with van der Waals surface area (Å²) < 4.78 is 15.2. The van der Waals surface area contributed by atoms with Crippen molar-refractivity contribution in [2.45, 2.75) is 20.0 Å². The van der Waals surface area contributed by atoms with Crippen LogP contribution in [0.4, 0.5) is 4.39 Å². The minimum absolute atomic E-state index is 0.0237. The Morgan fingerprint density at radius 2 is 2.03 bits per heavy atom. The van der Waals surface area contributed by atoms with Gasteiger partial charge in [0, 0.05) is 12.4 Å². The van der Waals surface area contributed by atoms with Crippen molar-refractivity contribution in [3.05, 3.63) is 105 Å². The van der Waals surface area contributed by atoms with Crippen molar-refractivity contribution in [2.75, 3.05) is 0 Å². The molecule has 0 atom stereocenters. The van der Waals surface area contributed by atoms with E-state index in [0.29, 0.717) is 27.7 Å². The van der Waals surface area contributed by atoms with E-state index in [9.17, 15) is 14.0 Å². The van der Waals surface area contributed by atoms with Crippen LogP contribution >= 0.6 is 11.6 Å². The normalized spacial score (nSPS) is 10.9. The Bertz CT molecular complexity index is 1340. The van der Waals surface area contributed by atoms with Gasteiger partial charge < -0.3 is 9.88 Å². The van der Waals surface area contributed by atoms with E-state index in [0.717, 1.165) is 5.69 Å². The molecule has 0 spiro atoms. The Morgan fingerprint density at radius 3 is 2.77 bits per heavy atom. The molecular weight excluding hydrogens is 419 g/mol. The maximum atomic E-state index is 13.7. The fourth-order valence-corrected chi connectivity index (χ4v) is 3.38. The zero-order valence-electron chi connectivity index (χ0n) is 16.6. The van der Waals surface area contributed by atoms with E-state index in [1.165, 1.54) is 16.7 Å². The van der Waals surface area contributed by atoms with Gasteiger partial charge in [0.15, 0.2) is 0 Å². The van der Waals surface area contributed by atoms with Crippen LogP contribution in [0, 0.1) is 12.7 Å². The lowest BCUT2D eigenvalue weighted by Gasteiger charge is -2.11. The molecule has 6 nitrogen and oxygen atoms in total. The number of carbonyl (C=O) groups excluding carboxylic acids is 1. The second kappa shape index (κ2) is 8.65. The van der Waals surface area contributed by atoms with Gasteiger partial charge in [0.2, 0.25) is 0 Å². The molecule has 0 saturated carbocycles. The van der Waals surface area contributed by atoms with Crippen LogP contribution in [0.3, 0.4) is 0 Å². The van der Waals surface area contributed by atoms with Crippen molar-refractivity contribution in [2.24, 2.45) is 0 Å². The predicted octanol–water partition coefficient (Wildman–Crippen LogP) is 3.87. The number of carbonyl (C=O) groups is 1. The Hall–Kier alpha value is -3.58. The monoisotopic (exact) mass is 436 g/mol. The van der Waals surface area contributed by atoms with Crippen molar-refractivity contribution in [1.29, 1.82) is 0 Å². The number of nitrogens with one attached hydrogen (secondary N) is 1. The van der Waals surface area contributed by atoms with E-state index in [4.69, 9.17) is 11.6 Å². The number of fused-ring (bicyclic) bond motifs is 1. The predicted molar refractivity (Wildman–Crippen MR) is 117 cm³/mol. The van der Waals surface area contributed by atoms with E-state index < -0.39 is 5.82 Å². The van der Waals surface area contributed by atoms with Gasteiger partial charge in [-0.3, -0.25) is 19.6 Å². The van der Waals surface area contributed by atoms with Crippen LogP contribution in [-0.4, -0.2) is 20.4 Å². The summed E-state index contributed by atoms with van der Waals surface area (Å²) in [6, 6.07) is 13.1. The Kier molecular flexibility index (Phi) is 5.77. The smallest absolute Gasteiger partial charge is 0.260 e. The lowest BCUT2D eigenvalue weighted by molar-refractivity contribution is 0.0949. The first-order chi connectivity index (χ1) is 14.9. The summed E-state index contributed by atoms with van der Waals surface area (Å²) in [5.41, 5.74) is 2.32. The molecule has 0 fully saturated rings. The number of hydrogen-bond donors (Lipinski definition) is 1. The second-order valence-corrected chi connectivity index (χ2v) is 7.46. The molecule has 0 aliphatic carbocycles. The van der Waals surface area contributed by atoms with Gasteiger partial charge in [0.25, 0.3) is 11.5 Å². The molecule has 0 aliphatic heterocycles. The lowest BCUT2D eigenvalue weighted by atomic mass is 10.1. The highest BCUT2D eigenvalue weighted by Crippen LogP contribution is 2.17. The standard InChI is InChI=1S/C23H18ClFN4O2/c1-14-17(22(30)27-12-16-4-2-3-8-26-16)11-18-21(28-14)7-9-29(23(18)31)13-15-5-6-19(24)20(25)10-15/h2-11H,12-13H2,1H3,(H,27,30). The molecule has 8 heteroatoms. The molecule has 156 valence electrons. The first-order valence-corrected chi connectivity index (χ1v) is 9.93. The Labute approximate surface area is 182 Å². The lowest BCUT2D eigenvalue weighted by Crippen LogP contribution is -2.26. The zero-order chi connectivity index (χ0) is 22.0. The largest absolute Gasteiger partial charge is 0.346 e. The third kappa shape index (κ3) is 4.46. The van der Waals surface area contributed by atoms with Crippen LogP contribution in [0.1, 0.15) is 27.3 Å². The number of hydrogen-bond acceptors (Lipinski definition) is 4.